The van der Waals surface area contributed by atoms with E-state index in [1.165, 1.54) is 26.1 Å². The SMILES string of the molecule is CC(C)CCN1CC(CN)C1. The third kappa shape index (κ3) is 2.80. The zero-order chi connectivity index (χ0) is 8.27. The third-order valence-corrected chi connectivity index (χ3v) is 2.39. The predicted octanol–water partition coefficient (Wildman–Crippen LogP) is 0.923. The summed E-state index contributed by atoms with van der Waals surface area (Å²) in [6.07, 6.45) is 1.33. The summed E-state index contributed by atoms with van der Waals surface area (Å²) < 4.78 is 0. The van der Waals surface area contributed by atoms with Crippen LogP contribution in [0.1, 0.15) is 20.3 Å². The molecular weight excluding hydrogens is 136 g/mol. The highest BCUT2D eigenvalue weighted by Gasteiger charge is 2.24. The van der Waals surface area contributed by atoms with Crippen molar-refractivity contribution in [2.45, 2.75) is 20.3 Å². The second-order valence-corrected chi connectivity index (χ2v) is 4.04. The van der Waals surface area contributed by atoms with E-state index in [1.54, 1.807) is 0 Å². The molecule has 0 aliphatic carbocycles. The summed E-state index contributed by atoms with van der Waals surface area (Å²) in [5.74, 6) is 1.63. The van der Waals surface area contributed by atoms with E-state index in [4.69, 9.17) is 5.73 Å². The van der Waals surface area contributed by atoms with Gasteiger partial charge in [-0.15, -0.1) is 0 Å². The van der Waals surface area contributed by atoms with E-state index < -0.39 is 0 Å². The van der Waals surface area contributed by atoms with Crippen molar-refractivity contribution in [2.24, 2.45) is 17.6 Å². The normalized spacial score (nSPS) is 20.7. The van der Waals surface area contributed by atoms with Crippen LogP contribution in [-0.2, 0) is 0 Å². The first-order valence-electron chi connectivity index (χ1n) is 4.64. The van der Waals surface area contributed by atoms with Gasteiger partial charge in [0.2, 0.25) is 0 Å². The van der Waals surface area contributed by atoms with Crippen LogP contribution in [0.3, 0.4) is 0 Å². The van der Waals surface area contributed by atoms with Crippen LogP contribution in [0.4, 0.5) is 0 Å². The first-order chi connectivity index (χ1) is 5.22. The Bertz CT molecular complexity index is 106. The Kier molecular flexibility index (Phi) is 3.34. The molecule has 0 unspecified atom stereocenters. The van der Waals surface area contributed by atoms with Crippen LogP contribution < -0.4 is 5.73 Å². The van der Waals surface area contributed by atoms with Gasteiger partial charge < -0.3 is 10.6 Å². The maximum atomic E-state index is 5.53. The molecule has 1 heterocycles. The minimum Gasteiger partial charge on any atom is -0.330 e. The summed E-state index contributed by atoms with van der Waals surface area (Å²) in [5.41, 5.74) is 5.53. The fraction of sp³-hybridized carbons (Fsp3) is 1.00. The van der Waals surface area contributed by atoms with Crippen molar-refractivity contribution in [1.82, 2.24) is 4.90 Å². The van der Waals surface area contributed by atoms with E-state index in [0.29, 0.717) is 0 Å². The number of nitrogens with zero attached hydrogens (tertiary/aromatic N) is 1. The lowest BCUT2D eigenvalue weighted by Crippen LogP contribution is -2.50. The smallest absolute Gasteiger partial charge is 0.00341 e. The van der Waals surface area contributed by atoms with Crippen LogP contribution in [0.25, 0.3) is 0 Å². The molecule has 0 saturated carbocycles. The first kappa shape index (κ1) is 9.01. The summed E-state index contributed by atoms with van der Waals surface area (Å²) in [5, 5.41) is 0. The number of hydrogen-bond acceptors (Lipinski definition) is 2. The lowest BCUT2D eigenvalue weighted by atomic mass is 9.99. The van der Waals surface area contributed by atoms with Crippen molar-refractivity contribution in [2.75, 3.05) is 26.2 Å². The molecule has 1 saturated heterocycles. The molecule has 1 aliphatic rings. The molecule has 0 bridgehead atoms. The van der Waals surface area contributed by atoms with Crippen molar-refractivity contribution in [3.8, 4) is 0 Å². The van der Waals surface area contributed by atoms with Gasteiger partial charge in [0, 0.05) is 13.1 Å². The highest BCUT2D eigenvalue weighted by Crippen LogP contribution is 2.15. The molecule has 2 nitrogen and oxygen atoms in total. The van der Waals surface area contributed by atoms with Crippen molar-refractivity contribution >= 4 is 0 Å². The molecule has 1 fully saturated rings. The van der Waals surface area contributed by atoms with Gasteiger partial charge in [0.15, 0.2) is 0 Å². The summed E-state index contributed by atoms with van der Waals surface area (Å²) in [6, 6.07) is 0. The summed E-state index contributed by atoms with van der Waals surface area (Å²) in [6.45, 7) is 9.18. The van der Waals surface area contributed by atoms with Crippen molar-refractivity contribution in [3.63, 3.8) is 0 Å². The standard InChI is InChI=1S/C9H20N2/c1-8(2)3-4-11-6-9(5-10)7-11/h8-9H,3-7,10H2,1-2H3. The molecule has 0 amide bonds. The Hall–Kier alpha value is -0.0800. The number of likely N-dealkylation sites (tertiary alicyclic amines) is 1. The summed E-state index contributed by atoms with van der Waals surface area (Å²) >= 11 is 0. The molecule has 2 N–H and O–H groups in total. The fourth-order valence-electron chi connectivity index (χ4n) is 1.45. The minimum atomic E-state index is 0.794. The van der Waals surface area contributed by atoms with Crippen LogP contribution in [-0.4, -0.2) is 31.1 Å². The molecule has 1 aliphatic heterocycles. The van der Waals surface area contributed by atoms with Crippen LogP contribution in [0.2, 0.25) is 0 Å². The Morgan fingerprint density at radius 2 is 2.09 bits per heavy atom. The predicted molar refractivity (Wildman–Crippen MR) is 48.4 cm³/mol. The van der Waals surface area contributed by atoms with Gasteiger partial charge in [-0.05, 0) is 31.3 Å². The van der Waals surface area contributed by atoms with Gasteiger partial charge in [0.25, 0.3) is 0 Å². The lowest BCUT2D eigenvalue weighted by Gasteiger charge is -2.39. The molecule has 0 aromatic carbocycles. The average Bonchev–Trinajstić information content (AvgIpc) is 1.84. The van der Waals surface area contributed by atoms with E-state index in [9.17, 15) is 0 Å². The third-order valence-electron chi connectivity index (χ3n) is 2.39. The fourth-order valence-corrected chi connectivity index (χ4v) is 1.45. The molecule has 11 heavy (non-hydrogen) atoms. The molecular formula is C9H20N2. The molecule has 0 atom stereocenters. The van der Waals surface area contributed by atoms with Crippen LogP contribution >= 0.6 is 0 Å². The Labute approximate surface area is 69.8 Å². The molecule has 0 radical (unpaired) electrons. The monoisotopic (exact) mass is 156 g/mol. The van der Waals surface area contributed by atoms with Gasteiger partial charge in [-0.25, -0.2) is 0 Å². The highest BCUT2D eigenvalue weighted by atomic mass is 15.2. The number of rotatable bonds is 4. The van der Waals surface area contributed by atoms with Gasteiger partial charge in [-0.1, -0.05) is 13.8 Å². The van der Waals surface area contributed by atoms with Crippen LogP contribution in [0, 0.1) is 11.8 Å². The Morgan fingerprint density at radius 1 is 1.45 bits per heavy atom. The van der Waals surface area contributed by atoms with Gasteiger partial charge >= 0.3 is 0 Å². The second-order valence-electron chi connectivity index (χ2n) is 4.04. The summed E-state index contributed by atoms with van der Waals surface area (Å²) in [4.78, 5) is 2.50. The molecule has 0 aromatic rings. The quantitative estimate of drug-likeness (QED) is 0.656. The van der Waals surface area contributed by atoms with Crippen molar-refractivity contribution in [1.29, 1.82) is 0 Å². The molecule has 66 valence electrons. The molecule has 0 aromatic heterocycles. The van der Waals surface area contributed by atoms with E-state index >= 15 is 0 Å². The van der Waals surface area contributed by atoms with Crippen LogP contribution in [0.15, 0.2) is 0 Å². The number of nitrogens with two attached hydrogens (primary N) is 1. The maximum absolute atomic E-state index is 5.53. The largest absolute Gasteiger partial charge is 0.330 e. The molecule has 0 spiro atoms. The number of hydrogen-bond donors (Lipinski definition) is 1. The Balaban J connectivity index is 1.96. The highest BCUT2D eigenvalue weighted by molar-refractivity contribution is 4.79. The van der Waals surface area contributed by atoms with Gasteiger partial charge in [-0.2, -0.15) is 0 Å². The second kappa shape index (κ2) is 4.07. The Morgan fingerprint density at radius 3 is 2.55 bits per heavy atom. The lowest BCUT2D eigenvalue weighted by molar-refractivity contribution is 0.100. The molecule has 2 heteroatoms. The van der Waals surface area contributed by atoms with E-state index in [2.05, 4.69) is 18.7 Å². The van der Waals surface area contributed by atoms with Gasteiger partial charge in [0.05, 0.1) is 0 Å². The molecule has 1 rings (SSSR count). The topological polar surface area (TPSA) is 29.3 Å². The van der Waals surface area contributed by atoms with Crippen molar-refractivity contribution < 1.29 is 0 Å². The van der Waals surface area contributed by atoms with Crippen molar-refractivity contribution in [3.05, 3.63) is 0 Å². The van der Waals surface area contributed by atoms with Gasteiger partial charge in [-0.3, -0.25) is 0 Å². The first-order valence-corrected chi connectivity index (χ1v) is 4.64. The van der Waals surface area contributed by atoms with E-state index in [0.717, 1.165) is 18.4 Å². The average molecular weight is 156 g/mol. The maximum Gasteiger partial charge on any atom is 0.00341 e. The zero-order valence-corrected chi connectivity index (χ0v) is 7.71. The summed E-state index contributed by atoms with van der Waals surface area (Å²) in [7, 11) is 0. The minimum absolute atomic E-state index is 0.794. The van der Waals surface area contributed by atoms with Gasteiger partial charge in [0.1, 0.15) is 0 Å². The van der Waals surface area contributed by atoms with E-state index in [-0.39, 0.29) is 0 Å². The van der Waals surface area contributed by atoms with E-state index in [1.807, 2.05) is 0 Å². The zero-order valence-electron chi connectivity index (χ0n) is 7.71. The van der Waals surface area contributed by atoms with Crippen LogP contribution in [0.5, 0.6) is 0 Å².